The molecule has 2 rings (SSSR count). The molecule has 1 aliphatic heterocycles. The molecular weight excluding hydrogens is 336 g/mol. The molecule has 1 atom stereocenters. The first-order chi connectivity index (χ1) is 10.6. The molecule has 0 fully saturated rings. The Morgan fingerprint density at radius 2 is 2.17 bits per heavy atom. The van der Waals surface area contributed by atoms with E-state index in [4.69, 9.17) is 0 Å². The van der Waals surface area contributed by atoms with E-state index in [9.17, 15) is 27.5 Å². The van der Waals surface area contributed by atoms with E-state index < -0.39 is 30.0 Å². The van der Waals surface area contributed by atoms with Crippen molar-refractivity contribution < 1.29 is 27.5 Å². The van der Waals surface area contributed by atoms with Crippen LogP contribution in [0.15, 0.2) is 29.4 Å². The summed E-state index contributed by atoms with van der Waals surface area (Å²) in [6.45, 7) is 1.31. The maximum Gasteiger partial charge on any atom is 0.438 e. The Bertz CT molecular complexity index is 635. The molecule has 4 nitrogen and oxygen atoms in total. The number of hydrogen-bond acceptors (Lipinski definition) is 4. The Kier molecular flexibility index (Phi) is 5.00. The van der Waals surface area contributed by atoms with E-state index in [-0.39, 0.29) is 22.2 Å². The number of benzene rings is 1. The lowest BCUT2D eigenvalue weighted by Gasteiger charge is -2.32. The minimum Gasteiger partial charge on any atom is -0.362 e. The highest BCUT2D eigenvalue weighted by Crippen LogP contribution is 2.40. The van der Waals surface area contributed by atoms with Gasteiger partial charge in [-0.25, -0.2) is 4.39 Å². The monoisotopic (exact) mass is 350 g/mol. The third-order valence-corrected chi connectivity index (χ3v) is 4.19. The summed E-state index contributed by atoms with van der Waals surface area (Å²) in [4.78, 5) is 12.0. The number of alkyl halides is 3. The molecule has 1 aromatic carbocycles. The SMILES string of the molecule is CC1=NN(C(=O)CSCc2cccc(F)c2)[C@@](O)(C(F)(F)F)C1. The van der Waals surface area contributed by atoms with Gasteiger partial charge in [-0.3, -0.25) is 4.79 Å². The van der Waals surface area contributed by atoms with Gasteiger partial charge in [-0.05, 0) is 24.6 Å². The number of rotatable bonds is 4. The highest BCUT2D eigenvalue weighted by atomic mass is 32.2. The lowest BCUT2D eigenvalue weighted by molar-refractivity contribution is -0.301. The molecule has 0 spiro atoms. The first-order valence-corrected chi connectivity index (χ1v) is 7.77. The smallest absolute Gasteiger partial charge is 0.362 e. The molecule has 9 heteroatoms. The van der Waals surface area contributed by atoms with Crippen LogP contribution in [0.4, 0.5) is 17.6 Å². The van der Waals surface area contributed by atoms with Gasteiger partial charge in [-0.1, -0.05) is 12.1 Å². The lowest BCUT2D eigenvalue weighted by atomic mass is 10.1. The van der Waals surface area contributed by atoms with Crippen LogP contribution in [-0.4, -0.2) is 39.4 Å². The van der Waals surface area contributed by atoms with Crippen molar-refractivity contribution in [3.63, 3.8) is 0 Å². The van der Waals surface area contributed by atoms with Gasteiger partial charge in [0.2, 0.25) is 0 Å². The van der Waals surface area contributed by atoms with Crippen LogP contribution < -0.4 is 0 Å². The standard InChI is InChI=1S/C14H14F4N2O2S/c1-9-6-13(22,14(16,17)18)20(19-9)12(21)8-23-7-10-3-2-4-11(15)5-10/h2-5,22H,6-8H2,1H3/t13-/m0/s1. The van der Waals surface area contributed by atoms with E-state index in [0.29, 0.717) is 5.56 Å². The summed E-state index contributed by atoms with van der Waals surface area (Å²) in [5, 5.41) is 13.4. The van der Waals surface area contributed by atoms with E-state index in [2.05, 4.69) is 5.10 Å². The van der Waals surface area contributed by atoms with E-state index in [1.165, 1.54) is 25.1 Å². The maximum atomic E-state index is 13.0. The van der Waals surface area contributed by atoms with E-state index in [0.717, 1.165) is 11.8 Å². The van der Waals surface area contributed by atoms with Crippen molar-refractivity contribution >= 4 is 23.4 Å². The molecule has 0 aliphatic carbocycles. The second-order valence-corrected chi connectivity index (χ2v) is 6.14. The van der Waals surface area contributed by atoms with Crippen LogP contribution in [0.25, 0.3) is 0 Å². The molecule has 0 bridgehead atoms. The largest absolute Gasteiger partial charge is 0.438 e. The van der Waals surface area contributed by atoms with Gasteiger partial charge in [0.05, 0.1) is 5.75 Å². The fourth-order valence-corrected chi connectivity index (χ4v) is 2.96. The second-order valence-electron chi connectivity index (χ2n) is 5.15. The van der Waals surface area contributed by atoms with Gasteiger partial charge in [0.15, 0.2) is 0 Å². The Morgan fingerprint density at radius 1 is 1.48 bits per heavy atom. The topological polar surface area (TPSA) is 52.9 Å². The number of nitrogens with zero attached hydrogens (tertiary/aromatic N) is 2. The third-order valence-electron chi connectivity index (χ3n) is 3.20. The van der Waals surface area contributed by atoms with Gasteiger partial charge in [-0.2, -0.15) is 23.3 Å². The number of hydrogen-bond donors (Lipinski definition) is 1. The third kappa shape index (κ3) is 3.84. The van der Waals surface area contributed by atoms with Crippen LogP contribution in [0, 0.1) is 5.82 Å². The van der Waals surface area contributed by atoms with Gasteiger partial charge in [-0.15, -0.1) is 11.8 Å². The molecule has 0 aromatic heterocycles. The fourth-order valence-electron chi connectivity index (χ4n) is 2.15. The Morgan fingerprint density at radius 3 is 2.78 bits per heavy atom. The summed E-state index contributed by atoms with van der Waals surface area (Å²) >= 11 is 1.02. The first kappa shape index (κ1) is 17.7. The zero-order valence-electron chi connectivity index (χ0n) is 12.1. The van der Waals surface area contributed by atoms with Crippen LogP contribution in [0.3, 0.4) is 0 Å². The highest BCUT2D eigenvalue weighted by Gasteiger charge is 2.62. The molecule has 1 heterocycles. The normalized spacial score (nSPS) is 21.5. The summed E-state index contributed by atoms with van der Waals surface area (Å²) in [6.07, 6.45) is -5.77. The van der Waals surface area contributed by atoms with Gasteiger partial charge < -0.3 is 5.11 Å². The number of amides is 1. The van der Waals surface area contributed by atoms with Gasteiger partial charge >= 0.3 is 6.18 Å². The minimum atomic E-state index is -5.00. The van der Waals surface area contributed by atoms with Crippen LogP contribution in [0.5, 0.6) is 0 Å². The van der Waals surface area contributed by atoms with Crippen LogP contribution in [-0.2, 0) is 10.5 Å². The van der Waals surface area contributed by atoms with Crippen molar-refractivity contribution in [1.82, 2.24) is 5.01 Å². The minimum absolute atomic E-state index is 0.0216. The zero-order valence-corrected chi connectivity index (χ0v) is 12.9. The number of carbonyl (C=O) groups is 1. The van der Waals surface area contributed by atoms with Crippen molar-refractivity contribution in [3.05, 3.63) is 35.6 Å². The summed E-state index contributed by atoms with van der Waals surface area (Å²) in [5.74, 6) is -1.44. The molecule has 1 aliphatic rings. The van der Waals surface area contributed by atoms with Crippen LogP contribution in [0.1, 0.15) is 18.9 Å². The number of thioether (sulfide) groups is 1. The lowest BCUT2D eigenvalue weighted by Crippen LogP contribution is -2.57. The van der Waals surface area contributed by atoms with Crippen molar-refractivity contribution in [2.45, 2.75) is 31.0 Å². The summed E-state index contributed by atoms with van der Waals surface area (Å²) in [5.41, 5.74) is -2.67. The molecule has 0 saturated heterocycles. The second kappa shape index (κ2) is 6.48. The molecule has 1 N–H and O–H groups in total. The van der Waals surface area contributed by atoms with Gasteiger partial charge in [0, 0.05) is 17.9 Å². The maximum absolute atomic E-state index is 13.0. The molecule has 126 valence electrons. The number of carbonyl (C=O) groups excluding carboxylic acids is 1. The molecule has 23 heavy (non-hydrogen) atoms. The summed E-state index contributed by atoms with van der Waals surface area (Å²) in [7, 11) is 0. The van der Waals surface area contributed by atoms with Crippen LogP contribution in [0.2, 0.25) is 0 Å². The number of halogens is 4. The molecule has 1 aromatic rings. The van der Waals surface area contributed by atoms with Crippen molar-refractivity contribution in [3.8, 4) is 0 Å². The summed E-state index contributed by atoms with van der Waals surface area (Å²) < 4.78 is 52.0. The summed E-state index contributed by atoms with van der Waals surface area (Å²) in [6, 6.07) is 5.69. The average Bonchev–Trinajstić information content (AvgIpc) is 2.75. The molecular formula is C14H14F4N2O2S. The molecule has 0 unspecified atom stereocenters. The molecule has 1 amide bonds. The van der Waals surface area contributed by atoms with Crippen molar-refractivity contribution in [2.75, 3.05) is 5.75 Å². The Hall–Kier alpha value is -1.61. The molecule has 0 saturated carbocycles. The zero-order chi connectivity index (χ0) is 17.3. The Labute approximate surface area is 134 Å². The van der Waals surface area contributed by atoms with Gasteiger partial charge in [0.1, 0.15) is 5.82 Å². The number of hydrazone groups is 1. The predicted octanol–water partition coefficient (Wildman–Crippen LogP) is 2.92. The quantitative estimate of drug-likeness (QED) is 0.850. The van der Waals surface area contributed by atoms with E-state index in [1.54, 1.807) is 6.07 Å². The number of aliphatic hydroxyl groups is 1. The fraction of sp³-hybridized carbons (Fsp3) is 0.429. The van der Waals surface area contributed by atoms with Crippen LogP contribution >= 0.6 is 11.8 Å². The van der Waals surface area contributed by atoms with Crippen molar-refractivity contribution in [1.29, 1.82) is 0 Å². The predicted molar refractivity (Wildman–Crippen MR) is 78.1 cm³/mol. The van der Waals surface area contributed by atoms with E-state index >= 15 is 0 Å². The highest BCUT2D eigenvalue weighted by molar-refractivity contribution is 7.99. The average molecular weight is 350 g/mol. The Balaban J connectivity index is 1.99. The van der Waals surface area contributed by atoms with Crippen molar-refractivity contribution in [2.24, 2.45) is 5.10 Å². The van der Waals surface area contributed by atoms with E-state index in [1.807, 2.05) is 0 Å². The van der Waals surface area contributed by atoms with Gasteiger partial charge in [0.25, 0.3) is 11.6 Å². The first-order valence-electron chi connectivity index (χ1n) is 6.62. The molecule has 0 radical (unpaired) electrons.